The van der Waals surface area contributed by atoms with Gasteiger partial charge in [-0.25, -0.2) is 4.68 Å². The van der Waals surface area contributed by atoms with Gasteiger partial charge in [-0.2, -0.15) is 0 Å². The molecule has 5 heteroatoms. The van der Waals surface area contributed by atoms with E-state index in [-0.39, 0.29) is 5.54 Å². The van der Waals surface area contributed by atoms with E-state index in [1.807, 2.05) is 13.1 Å². The van der Waals surface area contributed by atoms with Gasteiger partial charge in [0, 0.05) is 18.3 Å². The maximum Gasteiger partial charge on any atom is 0.0860 e. The third-order valence-corrected chi connectivity index (χ3v) is 1.92. The van der Waals surface area contributed by atoms with Gasteiger partial charge in [-0.15, -0.1) is 5.10 Å². The Balaban J connectivity index is 2.33. The van der Waals surface area contributed by atoms with Crippen molar-refractivity contribution in [3.05, 3.63) is 11.9 Å². The molecule has 0 spiro atoms. The van der Waals surface area contributed by atoms with E-state index >= 15 is 0 Å². The van der Waals surface area contributed by atoms with Crippen molar-refractivity contribution in [3.8, 4) is 0 Å². The highest BCUT2D eigenvalue weighted by Gasteiger charge is 2.12. The molecule has 0 amide bonds. The Morgan fingerprint density at radius 2 is 2.20 bits per heavy atom. The van der Waals surface area contributed by atoms with Crippen LogP contribution in [0.1, 0.15) is 26.5 Å². The van der Waals surface area contributed by atoms with Crippen LogP contribution in [0, 0.1) is 6.92 Å². The molecular weight excluding hydrogens is 192 g/mol. The van der Waals surface area contributed by atoms with Gasteiger partial charge >= 0.3 is 0 Å². The first-order chi connectivity index (χ1) is 6.87. The Bertz CT molecular complexity index is 303. The van der Waals surface area contributed by atoms with E-state index in [9.17, 15) is 5.11 Å². The number of nitrogens with one attached hydrogen (secondary N) is 1. The van der Waals surface area contributed by atoms with Crippen LogP contribution >= 0.6 is 0 Å². The van der Waals surface area contributed by atoms with Crippen LogP contribution < -0.4 is 5.32 Å². The summed E-state index contributed by atoms with van der Waals surface area (Å²) in [4.78, 5) is 0. The molecule has 86 valence electrons. The van der Waals surface area contributed by atoms with Gasteiger partial charge in [-0.1, -0.05) is 5.21 Å². The van der Waals surface area contributed by atoms with E-state index < -0.39 is 6.10 Å². The summed E-state index contributed by atoms with van der Waals surface area (Å²) < 4.78 is 1.66. The van der Waals surface area contributed by atoms with Crippen molar-refractivity contribution in [3.63, 3.8) is 0 Å². The predicted molar refractivity (Wildman–Crippen MR) is 58.5 cm³/mol. The first-order valence-electron chi connectivity index (χ1n) is 5.16. The summed E-state index contributed by atoms with van der Waals surface area (Å²) in [5.74, 6) is 0. The van der Waals surface area contributed by atoms with Crippen molar-refractivity contribution in [2.24, 2.45) is 0 Å². The zero-order valence-electron chi connectivity index (χ0n) is 9.86. The molecule has 1 unspecified atom stereocenters. The molecule has 0 saturated heterocycles. The summed E-state index contributed by atoms with van der Waals surface area (Å²) in [6.45, 7) is 9.12. The van der Waals surface area contributed by atoms with E-state index in [4.69, 9.17) is 0 Å². The topological polar surface area (TPSA) is 63.0 Å². The molecule has 0 aliphatic rings. The number of aliphatic hydroxyl groups is 1. The van der Waals surface area contributed by atoms with Crippen LogP contribution in [-0.4, -0.2) is 38.3 Å². The third kappa shape index (κ3) is 4.90. The lowest BCUT2D eigenvalue weighted by molar-refractivity contribution is 0.137. The minimum absolute atomic E-state index is 0.0270. The van der Waals surface area contributed by atoms with Crippen LogP contribution in [0.3, 0.4) is 0 Å². The van der Waals surface area contributed by atoms with Crippen molar-refractivity contribution in [2.45, 2.75) is 45.9 Å². The van der Waals surface area contributed by atoms with Gasteiger partial charge in [0.15, 0.2) is 0 Å². The monoisotopic (exact) mass is 212 g/mol. The maximum absolute atomic E-state index is 9.72. The molecule has 5 nitrogen and oxygen atoms in total. The van der Waals surface area contributed by atoms with Gasteiger partial charge < -0.3 is 10.4 Å². The van der Waals surface area contributed by atoms with E-state index in [2.05, 4.69) is 36.4 Å². The number of β-amino-alcohol motifs (C(OH)–C–C–N with tert-alkyl or cyclic N) is 1. The summed E-state index contributed by atoms with van der Waals surface area (Å²) in [6.07, 6.45) is 1.38. The molecule has 1 rings (SSSR count). The van der Waals surface area contributed by atoms with Crippen LogP contribution in [0.5, 0.6) is 0 Å². The molecule has 0 saturated carbocycles. The predicted octanol–water partition coefficient (Wildman–Crippen LogP) is 0.336. The lowest BCUT2D eigenvalue weighted by Gasteiger charge is -2.22. The van der Waals surface area contributed by atoms with Gasteiger partial charge in [-0.05, 0) is 27.7 Å². The van der Waals surface area contributed by atoms with E-state index in [0.717, 1.165) is 5.69 Å². The highest BCUT2D eigenvalue weighted by atomic mass is 16.3. The molecular formula is C10H20N4O. The summed E-state index contributed by atoms with van der Waals surface area (Å²) in [5.41, 5.74) is 0.894. The Morgan fingerprint density at radius 3 is 2.67 bits per heavy atom. The largest absolute Gasteiger partial charge is 0.390 e. The Kier molecular flexibility index (Phi) is 3.82. The van der Waals surface area contributed by atoms with Gasteiger partial charge in [0.1, 0.15) is 0 Å². The molecule has 0 radical (unpaired) electrons. The molecule has 1 aromatic rings. The average Bonchev–Trinajstić information content (AvgIpc) is 2.47. The second kappa shape index (κ2) is 4.72. The molecule has 0 bridgehead atoms. The molecule has 0 aromatic carbocycles. The zero-order valence-corrected chi connectivity index (χ0v) is 9.86. The van der Waals surface area contributed by atoms with E-state index in [1.165, 1.54) is 0 Å². The third-order valence-electron chi connectivity index (χ3n) is 1.92. The summed E-state index contributed by atoms with van der Waals surface area (Å²) >= 11 is 0. The van der Waals surface area contributed by atoms with Gasteiger partial charge in [-0.3, -0.25) is 0 Å². The molecule has 1 heterocycles. The second-order valence-corrected chi connectivity index (χ2v) is 4.87. The van der Waals surface area contributed by atoms with E-state index in [0.29, 0.717) is 13.1 Å². The van der Waals surface area contributed by atoms with Crippen molar-refractivity contribution >= 4 is 0 Å². The second-order valence-electron chi connectivity index (χ2n) is 4.87. The van der Waals surface area contributed by atoms with Gasteiger partial charge in [0.2, 0.25) is 0 Å². The Morgan fingerprint density at radius 1 is 1.53 bits per heavy atom. The molecule has 0 fully saturated rings. The lowest BCUT2D eigenvalue weighted by atomic mass is 10.1. The van der Waals surface area contributed by atoms with Gasteiger partial charge in [0.05, 0.1) is 18.3 Å². The number of hydrogen-bond acceptors (Lipinski definition) is 4. The number of nitrogens with zero attached hydrogens (tertiary/aromatic N) is 3. The fourth-order valence-corrected chi connectivity index (χ4v) is 1.19. The van der Waals surface area contributed by atoms with Crippen LogP contribution in [0.15, 0.2) is 6.20 Å². The normalized spacial score (nSPS) is 14.2. The smallest absolute Gasteiger partial charge is 0.0860 e. The van der Waals surface area contributed by atoms with E-state index in [1.54, 1.807) is 4.68 Å². The quantitative estimate of drug-likeness (QED) is 0.755. The summed E-state index contributed by atoms with van der Waals surface area (Å²) in [5, 5.41) is 20.7. The highest BCUT2D eigenvalue weighted by molar-refractivity contribution is 4.87. The zero-order chi connectivity index (χ0) is 11.5. The average molecular weight is 212 g/mol. The SMILES string of the molecule is Cc1cn(CC(O)CNC(C)(C)C)nn1. The maximum atomic E-state index is 9.72. The number of hydrogen-bond donors (Lipinski definition) is 2. The van der Waals surface area contributed by atoms with Crippen molar-refractivity contribution in [1.29, 1.82) is 0 Å². The number of aliphatic hydroxyl groups excluding tert-OH is 1. The molecule has 15 heavy (non-hydrogen) atoms. The first kappa shape index (κ1) is 12.1. The fourth-order valence-electron chi connectivity index (χ4n) is 1.19. The molecule has 1 atom stereocenters. The molecule has 1 aromatic heterocycles. The standard InChI is InChI=1S/C10H20N4O/c1-8-6-14(13-12-8)7-9(15)5-11-10(2,3)4/h6,9,11,15H,5,7H2,1-4H3. The molecule has 0 aliphatic heterocycles. The van der Waals surface area contributed by atoms with Crippen LogP contribution in [-0.2, 0) is 6.54 Å². The lowest BCUT2D eigenvalue weighted by Crippen LogP contribution is -2.42. The highest BCUT2D eigenvalue weighted by Crippen LogP contribution is 1.99. The molecule has 2 N–H and O–H groups in total. The Hall–Kier alpha value is -0.940. The first-order valence-corrected chi connectivity index (χ1v) is 5.16. The van der Waals surface area contributed by atoms with Crippen molar-refractivity contribution in [1.82, 2.24) is 20.3 Å². The molecule has 0 aliphatic carbocycles. The van der Waals surface area contributed by atoms with Crippen LogP contribution in [0.4, 0.5) is 0 Å². The minimum Gasteiger partial charge on any atom is -0.390 e. The van der Waals surface area contributed by atoms with Crippen LogP contribution in [0.25, 0.3) is 0 Å². The Labute approximate surface area is 90.5 Å². The fraction of sp³-hybridized carbons (Fsp3) is 0.800. The van der Waals surface area contributed by atoms with Gasteiger partial charge in [0.25, 0.3) is 0 Å². The number of rotatable bonds is 4. The van der Waals surface area contributed by atoms with Crippen molar-refractivity contribution in [2.75, 3.05) is 6.54 Å². The number of aromatic nitrogens is 3. The van der Waals surface area contributed by atoms with Crippen LogP contribution in [0.2, 0.25) is 0 Å². The minimum atomic E-state index is -0.440. The number of aryl methyl sites for hydroxylation is 1. The summed E-state index contributed by atoms with van der Waals surface area (Å²) in [7, 11) is 0. The van der Waals surface area contributed by atoms with Crippen molar-refractivity contribution < 1.29 is 5.11 Å². The summed E-state index contributed by atoms with van der Waals surface area (Å²) in [6, 6.07) is 0.